The molecule has 3 aliphatic heterocycles. The molecule has 4 rings (SSSR count). The van der Waals surface area contributed by atoms with Gasteiger partial charge in [-0.15, -0.1) is 0 Å². The molecule has 0 spiro atoms. The van der Waals surface area contributed by atoms with Crippen molar-refractivity contribution in [2.24, 2.45) is 5.16 Å². The zero-order chi connectivity index (χ0) is 10.5. The van der Waals surface area contributed by atoms with Crippen LogP contribution in [0.2, 0.25) is 0 Å². The third kappa shape index (κ3) is 0.958. The summed E-state index contributed by atoms with van der Waals surface area (Å²) in [5.41, 5.74) is 3.92. The summed E-state index contributed by atoms with van der Waals surface area (Å²) in [7, 11) is 0. The average molecular weight is 214 g/mol. The molecule has 2 atom stereocenters. The molecule has 82 valence electrons. The number of oxime groups is 1. The topological polar surface area (TPSA) is 24.8 Å². The molecule has 0 aliphatic carbocycles. The minimum atomic E-state index is 0.157. The van der Waals surface area contributed by atoms with Crippen molar-refractivity contribution in [1.29, 1.82) is 0 Å². The molecular weight excluding hydrogens is 200 g/mol. The molecule has 0 saturated carbocycles. The van der Waals surface area contributed by atoms with E-state index >= 15 is 0 Å². The Morgan fingerprint density at radius 3 is 3.19 bits per heavy atom. The normalized spacial score (nSPS) is 30.2. The highest BCUT2D eigenvalue weighted by Gasteiger charge is 2.47. The first-order chi connectivity index (χ1) is 7.95. The van der Waals surface area contributed by atoms with E-state index in [0.29, 0.717) is 6.04 Å². The molecular formula is C13H14N2O. The number of para-hydroxylation sites is 1. The second kappa shape index (κ2) is 3.00. The molecule has 1 fully saturated rings. The number of anilines is 1. The lowest BCUT2D eigenvalue weighted by atomic mass is 10.0. The number of rotatable bonds is 0. The summed E-state index contributed by atoms with van der Waals surface area (Å²) in [6.45, 7) is 1.14. The maximum Gasteiger partial charge on any atom is 0.180 e. The fourth-order valence-electron chi connectivity index (χ4n) is 3.16. The Labute approximate surface area is 94.7 Å². The highest BCUT2D eigenvalue weighted by atomic mass is 16.6. The summed E-state index contributed by atoms with van der Waals surface area (Å²) in [4.78, 5) is 8.10. The van der Waals surface area contributed by atoms with Gasteiger partial charge in [0.15, 0.2) is 6.10 Å². The van der Waals surface area contributed by atoms with Gasteiger partial charge >= 0.3 is 0 Å². The van der Waals surface area contributed by atoms with Gasteiger partial charge in [-0.1, -0.05) is 23.4 Å². The Morgan fingerprint density at radius 2 is 2.19 bits per heavy atom. The molecule has 0 aromatic heterocycles. The first kappa shape index (κ1) is 8.62. The largest absolute Gasteiger partial charge is 0.385 e. The predicted molar refractivity (Wildman–Crippen MR) is 62.7 cm³/mol. The van der Waals surface area contributed by atoms with Crippen LogP contribution in [-0.2, 0) is 4.84 Å². The molecule has 0 bridgehead atoms. The van der Waals surface area contributed by atoms with Crippen molar-refractivity contribution in [2.75, 3.05) is 11.4 Å². The average Bonchev–Trinajstić information content (AvgIpc) is 2.77. The number of hydrogen-bond acceptors (Lipinski definition) is 3. The van der Waals surface area contributed by atoms with E-state index in [4.69, 9.17) is 4.84 Å². The Balaban J connectivity index is 1.88. The van der Waals surface area contributed by atoms with E-state index in [0.717, 1.165) is 13.0 Å². The zero-order valence-electron chi connectivity index (χ0n) is 9.10. The van der Waals surface area contributed by atoms with Crippen LogP contribution in [0.1, 0.15) is 30.9 Å². The third-order valence-corrected chi connectivity index (χ3v) is 3.88. The number of hydrogen-bond donors (Lipinski definition) is 0. The molecule has 0 amide bonds. The van der Waals surface area contributed by atoms with Crippen LogP contribution in [-0.4, -0.2) is 18.3 Å². The van der Waals surface area contributed by atoms with Crippen LogP contribution in [0.15, 0.2) is 29.4 Å². The van der Waals surface area contributed by atoms with E-state index in [1.807, 2.05) is 0 Å². The fourth-order valence-corrected chi connectivity index (χ4v) is 3.16. The van der Waals surface area contributed by atoms with E-state index in [9.17, 15) is 0 Å². The lowest BCUT2D eigenvalue weighted by Gasteiger charge is -2.23. The van der Waals surface area contributed by atoms with Crippen LogP contribution in [0, 0.1) is 0 Å². The van der Waals surface area contributed by atoms with Gasteiger partial charge in [-0.05, 0) is 25.3 Å². The molecule has 16 heavy (non-hydrogen) atoms. The van der Waals surface area contributed by atoms with Gasteiger partial charge in [0.25, 0.3) is 0 Å². The molecule has 3 aliphatic rings. The molecule has 0 radical (unpaired) electrons. The van der Waals surface area contributed by atoms with Crippen molar-refractivity contribution < 1.29 is 4.84 Å². The van der Waals surface area contributed by atoms with Gasteiger partial charge in [0, 0.05) is 17.8 Å². The summed E-state index contributed by atoms with van der Waals surface area (Å²) >= 11 is 0. The highest BCUT2D eigenvalue weighted by Crippen LogP contribution is 2.46. The zero-order valence-corrected chi connectivity index (χ0v) is 9.10. The van der Waals surface area contributed by atoms with E-state index in [2.05, 4.69) is 34.3 Å². The summed E-state index contributed by atoms with van der Waals surface area (Å²) in [6.07, 6.45) is 3.76. The van der Waals surface area contributed by atoms with Crippen molar-refractivity contribution in [1.82, 2.24) is 0 Å². The van der Waals surface area contributed by atoms with Crippen LogP contribution >= 0.6 is 0 Å². The molecule has 3 heteroatoms. The van der Waals surface area contributed by atoms with Crippen molar-refractivity contribution in [3.05, 3.63) is 29.8 Å². The lowest BCUT2D eigenvalue weighted by molar-refractivity contribution is 0.0824. The van der Waals surface area contributed by atoms with Crippen molar-refractivity contribution in [3.63, 3.8) is 0 Å². The van der Waals surface area contributed by atoms with Gasteiger partial charge in [0.05, 0.1) is 5.71 Å². The van der Waals surface area contributed by atoms with E-state index in [1.54, 1.807) is 0 Å². The van der Waals surface area contributed by atoms with Gasteiger partial charge in [-0.3, -0.25) is 0 Å². The van der Waals surface area contributed by atoms with Crippen LogP contribution in [0.3, 0.4) is 0 Å². The first-order valence-corrected chi connectivity index (χ1v) is 6.03. The maximum absolute atomic E-state index is 5.62. The van der Waals surface area contributed by atoms with Crippen molar-refractivity contribution in [2.45, 2.75) is 31.4 Å². The van der Waals surface area contributed by atoms with Crippen LogP contribution in [0.25, 0.3) is 0 Å². The number of fused-ring (bicyclic) bond motifs is 3. The maximum atomic E-state index is 5.62. The van der Waals surface area contributed by atoms with Gasteiger partial charge in [-0.2, -0.15) is 0 Å². The van der Waals surface area contributed by atoms with Gasteiger partial charge in [0.1, 0.15) is 6.04 Å². The summed E-state index contributed by atoms with van der Waals surface area (Å²) in [5, 5.41) is 4.27. The van der Waals surface area contributed by atoms with E-state index < -0.39 is 0 Å². The smallest absolute Gasteiger partial charge is 0.180 e. The standard InChI is InChI=1S/C13H14N2O/c1-2-7-11-9(5-1)13-12-10(14-16-13)6-3-4-8-15(11)12/h1-2,5,7,12-13H,3-4,6,8H2. The Kier molecular flexibility index (Phi) is 1.62. The SMILES string of the molecule is c1ccc2c(c1)C1ON=C3CCCCN2C31. The van der Waals surface area contributed by atoms with Crippen molar-refractivity contribution >= 4 is 11.4 Å². The quantitative estimate of drug-likeness (QED) is 0.662. The molecule has 1 saturated heterocycles. The molecule has 1 aromatic rings. The predicted octanol–water partition coefficient (Wildman–Crippen LogP) is 2.49. The van der Waals surface area contributed by atoms with Crippen LogP contribution in [0.5, 0.6) is 0 Å². The first-order valence-electron chi connectivity index (χ1n) is 6.03. The minimum Gasteiger partial charge on any atom is -0.385 e. The second-order valence-electron chi connectivity index (χ2n) is 4.76. The van der Waals surface area contributed by atoms with E-state index in [1.165, 1.54) is 29.8 Å². The summed E-state index contributed by atoms with van der Waals surface area (Å²) in [6, 6.07) is 8.97. The summed E-state index contributed by atoms with van der Waals surface area (Å²) in [5.74, 6) is 0. The lowest BCUT2D eigenvalue weighted by Crippen LogP contribution is -2.36. The van der Waals surface area contributed by atoms with Crippen LogP contribution < -0.4 is 4.90 Å². The minimum absolute atomic E-state index is 0.157. The molecule has 1 aromatic carbocycles. The van der Waals surface area contributed by atoms with Gasteiger partial charge in [0.2, 0.25) is 0 Å². The molecule has 2 unspecified atom stereocenters. The van der Waals surface area contributed by atoms with Gasteiger partial charge in [-0.25, -0.2) is 0 Å². The molecule has 0 N–H and O–H groups in total. The fraction of sp³-hybridized carbons (Fsp3) is 0.462. The number of benzene rings is 1. The Hall–Kier alpha value is -1.51. The third-order valence-electron chi connectivity index (χ3n) is 3.88. The highest BCUT2D eigenvalue weighted by molar-refractivity contribution is 5.96. The van der Waals surface area contributed by atoms with E-state index in [-0.39, 0.29) is 6.10 Å². The molecule has 3 nitrogen and oxygen atoms in total. The van der Waals surface area contributed by atoms with Gasteiger partial charge < -0.3 is 9.74 Å². The van der Waals surface area contributed by atoms with Crippen LogP contribution in [0.4, 0.5) is 5.69 Å². The Morgan fingerprint density at radius 1 is 1.25 bits per heavy atom. The number of nitrogens with zero attached hydrogens (tertiary/aromatic N) is 2. The Bertz CT molecular complexity index is 469. The second-order valence-corrected chi connectivity index (χ2v) is 4.76. The summed E-state index contributed by atoms with van der Waals surface area (Å²) < 4.78 is 0. The molecule has 3 heterocycles. The monoisotopic (exact) mass is 214 g/mol. The van der Waals surface area contributed by atoms with Crippen molar-refractivity contribution in [3.8, 4) is 0 Å².